The summed E-state index contributed by atoms with van der Waals surface area (Å²) in [6.07, 6.45) is 2.83. The molecule has 9 heteroatoms. The second-order valence-corrected chi connectivity index (χ2v) is 8.48. The van der Waals surface area contributed by atoms with Crippen LogP contribution in [0.4, 0.5) is 4.79 Å². The van der Waals surface area contributed by atoms with Gasteiger partial charge in [0.2, 0.25) is 15.9 Å². The molecule has 0 bridgehead atoms. The Kier molecular flexibility index (Phi) is 6.82. The van der Waals surface area contributed by atoms with Gasteiger partial charge in [-0.1, -0.05) is 0 Å². The number of nitrogens with one attached hydrogen (secondary N) is 2. The van der Waals surface area contributed by atoms with Crippen LogP contribution in [0.5, 0.6) is 0 Å². The largest absolute Gasteiger partial charge is 0.444 e. The van der Waals surface area contributed by atoms with E-state index in [1.54, 1.807) is 20.8 Å². The van der Waals surface area contributed by atoms with E-state index in [0.717, 1.165) is 19.1 Å². The molecule has 0 spiro atoms. The molecular formula is C14H27N3O5S. The Morgan fingerprint density at radius 1 is 1.22 bits per heavy atom. The summed E-state index contributed by atoms with van der Waals surface area (Å²) in [7, 11) is -3.28. The molecule has 0 unspecified atom stereocenters. The number of likely N-dealkylation sites (tertiary alicyclic amines) is 1. The quantitative estimate of drug-likeness (QED) is 0.701. The minimum Gasteiger partial charge on any atom is -0.444 e. The van der Waals surface area contributed by atoms with Crippen molar-refractivity contribution in [2.24, 2.45) is 0 Å². The Morgan fingerprint density at radius 3 is 2.43 bits per heavy atom. The van der Waals surface area contributed by atoms with Crippen LogP contribution in [-0.2, 0) is 19.6 Å². The lowest BCUT2D eigenvalue weighted by atomic mass is 10.0. The van der Waals surface area contributed by atoms with E-state index in [1.807, 2.05) is 0 Å². The van der Waals surface area contributed by atoms with Crippen molar-refractivity contribution in [3.63, 3.8) is 0 Å². The van der Waals surface area contributed by atoms with Gasteiger partial charge < -0.3 is 10.1 Å². The molecule has 134 valence electrons. The summed E-state index contributed by atoms with van der Waals surface area (Å²) >= 11 is 0. The lowest BCUT2D eigenvalue weighted by molar-refractivity contribution is -0.127. The summed E-state index contributed by atoms with van der Waals surface area (Å²) < 4.78 is 29.6. The topological polar surface area (TPSA) is 105 Å². The van der Waals surface area contributed by atoms with Crippen molar-refractivity contribution in [3.8, 4) is 0 Å². The first-order valence-corrected chi connectivity index (χ1v) is 9.61. The number of carbonyl (C=O) groups excluding carboxylic acids is 2. The standard InChI is InChI=1S/C14H27N3O5S/c1-14(2,3)22-13(19)17-10-6-5-7-11(17)12(18)15-8-9-16-23(4,20)21/h11,16H,5-10H2,1-4H3,(H,15,18)/t11-/m1/s1. The molecule has 1 heterocycles. The Hall–Kier alpha value is -1.35. The zero-order valence-electron chi connectivity index (χ0n) is 14.2. The molecule has 0 saturated carbocycles. The van der Waals surface area contributed by atoms with Gasteiger partial charge in [0.1, 0.15) is 11.6 Å². The normalized spacial score (nSPS) is 19.3. The van der Waals surface area contributed by atoms with Gasteiger partial charge >= 0.3 is 6.09 Å². The van der Waals surface area contributed by atoms with Crippen molar-refractivity contribution in [1.82, 2.24) is 14.9 Å². The van der Waals surface area contributed by atoms with Crippen LogP contribution in [0.15, 0.2) is 0 Å². The van der Waals surface area contributed by atoms with Crippen LogP contribution in [0, 0.1) is 0 Å². The smallest absolute Gasteiger partial charge is 0.410 e. The Balaban J connectivity index is 2.56. The van der Waals surface area contributed by atoms with Crippen LogP contribution < -0.4 is 10.0 Å². The highest BCUT2D eigenvalue weighted by Crippen LogP contribution is 2.20. The summed E-state index contributed by atoms with van der Waals surface area (Å²) in [6.45, 7) is 6.10. The molecule has 8 nitrogen and oxygen atoms in total. The van der Waals surface area contributed by atoms with E-state index in [0.29, 0.717) is 13.0 Å². The van der Waals surface area contributed by atoms with Gasteiger partial charge in [-0.15, -0.1) is 0 Å². The van der Waals surface area contributed by atoms with Crippen LogP contribution in [-0.4, -0.2) is 62.9 Å². The van der Waals surface area contributed by atoms with Crippen LogP contribution in [0.2, 0.25) is 0 Å². The molecule has 0 aliphatic carbocycles. The van der Waals surface area contributed by atoms with E-state index < -0.39 is 27.8 Å². The second-order valence-electron chi connectivity index (χ2n) is 6.64. The monoisotopic (exact) mass is 349 g/mol. The molecule has 1 rings (SSSR count). The summed E-state index contributed by atoms with van der Waals surface area (Å²) in [5, 5.41) is 2.66. The minimum absolute atomic E-state index is 0.115. The molecule has 2 amide bonds. The fraction of sp³-hybridized carbons (Fsp3) is 0.857. The number of carbonyl (C=O) groups is 2. The van der Waals surface area contributed by atoms with Crippen LogP contribution in [0.25, 0.3) is 0 Å². The third-order valence-corrected chi connectivity index (χ3v) is 3.95. The number of ether oxygens (including phenoxy) is 1. The summed E-state index contributed by atoms with van der Waals surface area (Å²) in [5.74, 6) is -0.286. The molecule has 1 aliphatic heterocycles. The summed E-state index contributed by atoms with van der Waals surface area (Å²) in [5.41, 5.74) is -0.616. The van der Waals surface area contributed by atoms with Gasteiger partial charge in [-0.05, 0) is 40.0 Å². The van der Waals surface area contributed by atoms with Crippen molar-refractivity contribution in [2.75, 3.05) is 25.9 Å². The van der Waals surface area contributed by atoms with Gasteiger partial charge in [0.05, 0.1) is 6.26 Å². The molecule has 1 saturated heterocycles. The van der Waals surface area contributed by atoms with Gasteiger partial charge in [-0.3, -0.25) is 9.69 Å². The van der Waals surface area contributed by atoms with Crippen molar-refractivity contribution in [3.05, 3.63) is 0 Å². The van der Waals surface area contributed by atoms with E-state index in [2.05, 4.69) is 10.0 Å². The van der Waals surface area contributed by atoms with Gasteiger partial charge in [-0.25, -0.2) is 17.9 Å². The first-order valence-electron chi connectivity index (χ1n) is 7.71. The van der Waals surface area contributed by atoms with Crippen LogP contribution in [0.1, 0.15) is 40.0 Å². The highest BCUT2D eigenvalue weighted by molar-refractivity contribution is 7.88. The van der Waals surface area contributed by atoms with Gasteiger partial charge in [0, 0.05) is 19.6 Å². The third-order valence-electron chi connectivity index (χ3n) is 3.22. The Morgan fingerprint density at radius 2 is 1.87 bits per heavy atom. The number of piperidine rings is 1. The fourth-order valence-electron chi connectivity index (χ4n) is 2.28. The summed E-state index contributed by atoms with van der Waals surface area (Å²) in [4.78, 5) is 25.9. The molecule has 1 aliphatic rings. The molecular weight excluding hydrogens is 322 g/mol. The molecule has 1 fully saturated rings. The van der Waals surface area contributed by atoms with Crippen molar-refractivity contribution < 1.29 is 22.7 Å². The van der Waals surface area contributed by atoms with Gasteiger partial charge in [-0.2, -0.15) is 0 Å². The average Bonchev–Trinajstić information content (AvgIpc) is 2.40. The fourth-order valence-corrected chi connectivity index (χ4v) is 2.76. The number of hydrogen-bond acceptors (Lipinski definition) is 5. The second kappa shape index (κ2) is 7.96. The first kappa shape index (κ1) is 19.7. The molecule has 23 heavy (non-hydrogen) atoms. The number of sulfonamides is 1. The van der Waals surface area contributed by atoms with E-state index in [9.17, 15) is 18.0 Å². The number of amides is 2. The average molecular weight is 349 g/mol. The maximum Gasteiger partial charge on any atom is 0.410 e. The lowest BCUT2D eigenvalue weighted by Crippen LogP contribution is -2.53. The minimum atomic E-state index is -3.28. The maximum atomic E-state index is 12.3. The highest BCUT2D eigenvalue weighted by atomic mass is 32.2. The van der Waals surface area contributed by atoms with E-state index >= 15 is 0 Å². The number of rotatable bonds is 5. The van der Waals surface area contributed by atoms with Crippen molar-refractivity contribution in [1.29, 1.82) is 0 Å². The molecule has 0 aromatic carbocycles. The highest BCUT2D eigenvalue weighted by Gasteiger charge is 2.34. The van der Waals surface area contributed by atoms with E-state index in [-0.39, 0.29) is 19.0 Å². The maximum absolute atomic E-state index is 12.3. The molecule has 0 radical (unpaired) electrons. The molecule has 1 atom stereocenters. The third kappa shape index (κ3) is 7.65. The summed E-state index contributed by atoms with van der Waals surface area (Å²) in [6, 6.07) is -0.572. The zero-order valence-corrected chi connectivity index (χ0v) is 15.0. The van der Waals surface area contributed by atoms with Crippen LogP contribution in [0.3, 0.4) is 0 Å². The number of nitrogens with zero attached hydrogens (tertiary/aromatic N) is 1. The number of hydrogen-bond donors (Lipinski definition) is 2. The van der Waals surface area contributed by atoms with E-state index in [1.165, 1.54) is 4.90 Å². The van der Waals surface area contributed by atoms with Crippen LogP contribution >= 0.6 is 0 Å². The van der Waals surface area contributed by atoms with Gasteiger partial charge in [0.25, 0.3) is 0 Å². The first-order chi connectivity index (χ1) is 10.5. The predicted octanol–water partition coefficient (Wildman–Crippen LogP) is 0.441. The predicted molar refractivity (Wildman–Crippen MR) is 86.4 cm³/mol. The van der Waals surface area contributed by atoms with E-state index in [4.69, 9.17) is 4.74 Å². The SMILES string of the molecule is CC(C)(C)OC(=O)N1CCCC[C@@H]1C(=O)NCCNS(C)(=O)=O. The van der Waals surface area contributed by atoms with Crippen molar-refractivity contribution >= 4 is 22.0 Å². The zero-order chi connectivity index (χ0) is 17.7. The Labute approximate surface area is 138 Å². The molecule has 0 aromatic heterocycles. The molecule has 0 aromatic rings. The molecule has 2 N–H and O–H groups in total. The van der Waals surface area contributed by atoms with Gasteiger partial charge in [0.15, 0.2) is 0 Å². The van der Waals surface area contributed by atoms with Crippen molar-refractivity contribution in [2.45, 2.75) is 51.7 Å². The lowest BCUT2D eigenvalue weighted by Gasteiger charge is -2.35. The Bertz CT molecular complexity index is 527.